The quantitative estimate of drug-likeness (QED) is 0.628. The van der Waals surface area contributed by atoms with Crippen LogP contribution in [0.25, 0.3) is 0 Å². The second-order valence-electron chi connectivity index (χ2n) is 1.53. The molecule has 0 saturated heterocycles. The van der Waals surface area contributed by atoms with Gasteiger partial charge in [-0.3, -0.25) is 0 Å². The molecule has 3 heteroatoms. The van der Waals surface area contributed by atoms with E-state index >= 15 is 0 Å². The van der Waals surface area contributed by atoms with Crippen molar-refractivity contribution in [2.24, 2.45) is 0 Å². The zero-order chi connectivity index (χ0) is 7.28. The van der Waals surface area contributed by atoms with Gasteiger partial charge in [0.15, 0.2) is 16.3 Å². The lowest BCUT2D eigenvalue weighted by atomic mass is 10.2. The summed E-state index contributed by atoms with van der Waals surface area (Å²) in [7, 11) is 0. The minimum atomic E-state index is -0.306. The summed E-state index contributed by atoms with van der Waals surface area (Å²) in [5, 5.41) is 0. The highest BCUT2D eigenvalue weighted by molar-refractivity contribution is 9.06. The Bertz CT molecular complexity index is 129. The van der Waals surface area contributed by atoms with Crippen LogP contribution >= 0.6 is 16.3 Å². The maximum Gasteiger partial charge on any atom is 0.345 e. The van der Waals surface area contributed by atoms with Crippen LogP contribution in [0.15, 0.2) is 11.6 Å². The smallest absolute Gasteiger partial charge is 0.345 e. The fraction of sp³-hybridized carbons (Fsp3) is 0.500. The minimum Gasteiger partial charge on any atom is -0.380 e. The highest BCUT2D eigenvalue weighted by atomic mass is 79.9. The van der Waals surface area contributed by atoms with Gasteiger partial charge in [0, 0.05) is 5.57 Å². The molecule has 0 unspecified atom stereocenters. The lowest BCUT2D eigenvalue weighted by molar-refractivity contribution is -0.128. The third-order valence-corrected chi connectivity index (χ3v) is 1.36. The Kier molecular flexibility index (Phi) is 4.40. The van der Waals surface area contributed by atoms with Gasteiger partial charge >= 0.3 is 5.97 Å². The van der Waals surface area contributed by atoms with Crippen molar-refractivity contribution in [3.63, 3.8) is 0 Å². The fourth-order valence-electron chi connectivity index (χ4n) is 0.516. The Morgan fingerprint density at radius 3 is 2.44 bits per heavy atom. The molecule has 0 aromatic carbocycles. The van der Waals surface area contributed by atoms with Crippen LogP contribution in [0.1, 0.15) is 20.3 Å². The van der Waals surface area contributed by atoms with E-state index in [9.17, 15) is 4.79 Å². The topological polar surface area (TPSA) is 26.3 Å². The zero-order valence-electron chi connectivity index (χ0n) is 5.48. The third-order valence-electron chi connectivity index (χ3n) is 1.06. The highest BCUT2D eigenvalue weighted by Crippen LogP contribution is 2.04. The maximum absolute atomic E-state index is 10.6. The predicted molar refractivity (Wildman–Crippen MR) is 39.1 cm³/mol. The van der Waals surface area contributed by atoms with Crippen molar-refractivity contribution in [3.8, 4) is 0 Å². The van der Waals surface area contributed by atoms with Gasteiger partial charge in [0.25, 0.3) is 0 Å². The molecule has 0 amide bonds. The number of hydrogen-bond donors (Lipinski definition) is 0. The third kappa shape index (κ3) is 2.65. The van der Waals surface area contributed by atoms with Gasteiger partial charge in [-0.2, -0.15) is 0 Å². The van der Waals surface area contributed by atoms with E-state index in [2.05, 4.69) is 20.1 Å². The average Bonchev–Trinajstić information content (AvgIpc) is 1.90. The van der Waals surface area contributed by atoms with Crippen LogP contribution in [0.5, 0.6) is 0 Å². The van der Waals surface area contributed by atoms with Gasteiger partial charge in [0.1, 0.15) is 0 Å². The van der Waals surface area contributed by atoms with Crippen molar-refractivity contribution < 1.29 is 8.62 Å². The van der Waals surface area contributed by atoms with E-state index in [1.165, 1.54) is 0 Å². The van der Waals surface area contributed by atoms with Crippen LogP contribution in [-0.2, 0) is 8.62 Å². The number of rotatable bonds is 2. The molecule has 0 aliphatic carbocycles. The molecule has 52 valence electrons. The standard InChI is InChI=1S/C6H9BrO2/c1-3-5(4-2)6(8)9-7/h3H,4H2,1-2H3. The van der Waals surface area contributed by atoms with E-state index in [0.29, 0.717) is 12.0 Å². The summed E-state index contributed by atoms with van der Waals surface area (Å²) in [5.41, 5.74) is 0.687. The molecule has 0 aromatic rings. The molecule has 0 saturated carbocycles. The second kappa shape index (κ2) is 4.56. The predicted octanol–water partition coefficient (Wildman–Crippen LogP) is 2.20. The summed E-state index contributed by atoms with van der Waals surface area (Å²) in [5.74, 6) is -0.306. The van der Waals surface area contributed by atoms with Gasteiger partial charge in [0.2, 0.25) is 0 Å². The van der Waals surface area contributed by atoms with Gasteiger partial charge in [-0.1, -0.05) is 13.0 Å². The Hall–Kier alpha value is -0.310. The molecular formula is C6H9BrO2. The van der Waals surface area contributed by atoms with E-state index in [1.54, 1.807) is 6.08 Å². The lowest BCUT2D eigenvalue weighted by Gasteiger charge is -1.95. The molecule has 0 heterocycles. The Morgan fingerprint density at radius 1 is 1.78 bits per heavy atom. The van der Waals surface area contributed by atoms with E-state index in [0.717, 1.165) is 0 Å². The maximum atomic E-state index is 10.6. The van der Waals surface area contributed by atoms with Crippen LogP contribution in [-0.4, -0.2) is 5.97 Å². The van der Waals surface area contributed by atoms with Crippen LogP contribution in [0, 0.1) is 0 Å². The Balaban J connectivity index is 3.97. The van der Waals surface area contributed by atoms with Crippen LogP contribution < -0.4 is 0 Å². The summed E-state index contributed by atoms with van der Waals surface area (Å²) in [4.78, 5) is 10.6. The summed E-state index contributed by atoms with van der Waals surface area (Å²) >= 11 is 2.61. The van der Waals surface area contributed by atoms with Gasteiger partial charge < -0.3 is 3.83 Å². The normalized spacial score (nSPS) is 11.2. The van der Waals surface area contributed by atoms with E-state index < -0.39 is 0 Å². The largest absolute Gasteiger partial charge is 0.380 e. The van der Waals surface area contributed by atoms with Crippen molar-refractivity contribution in [2.45, 2.75) is 20.3 Å². The number of allylic oxidation sites excluding steroid dienone is 1. The molecule has 0 bridgehead atoms. The summed E-state index contributed by atoms with van der Waals surface area (Å²) in [6.45, 7) is 3.71. The first-order valence-electron chi connectivity index (χ1n) is 2.74. The molecule has 2 nitrogen and oxygen atoms in total. The number of halogens is 1. The SMILES string of the molecule is CC=C(CC)C(=O)OBr. The molecule has 0 radical (unpaired) electrons. The molecule has 0 aliphatic rings. The molecule has 0 spiro atoms. The number of carbonyl (C=O) groups is 1. The first-order valence-corrected chi connectivity index (χ1v) is 3.39. The van der Waals surface area contributed by atoms with Crippen molar-refractivity contribution in [1.29, 1.82) is 0 Å². The molecular weight excluding hydrogens is 184 g/mol. The molecule has 0 aliphatic heterocycles. The molecule has 0 fully saturated rings. The first-order chi connectivity index (χ1) is 4.26. The molecule has 0 N–H and O–H groups in total. The molecule has 0 aromatic heterocycles. The molecule has 0 rings (SSSR count). The summed E-state index contributed by atoms with van der Waals surface area (Å²) < 4.78 is 4.30. The van der Waals surface area contributed by atoms with Crippen LogP contribution in [0.4, 0.5) is 0 Å². The second-order valence-corrected chi connectivity index (χ2v) is 1.86. The van der Waals surface area contributed by atoms with Gasteiger partial charge in [0.05, 0.1) is 0 Å². The van der Waals surface area contributed by atoms with Gasteiger partial charge in [-0.15, -0.1) is 0 Å². The van der Waals surface area contributed by atoms with Crippen LogP contribution in [0.2, 0.25) is 0 Å². The van der Waals surface area contributed by atoms with Crippen molar-refractivity contribution in [2.75, 3.05) is 0 Å². The van der Waals surface area contributed by atoms with E-state index in [1.807, 2.05) is 13.8 Å². The van der Waals surface area contributed by atoms with E-state index in [4.69, 9.17) is 0 Å². The monoisotopic (exact) mass is 192 g/mol. The minimum absolute atomic E-state index is 0.306. The fourth-order valence-corrected chi connectivity index (χ4v) is 0.724. The van der Waals surface area contributed by atoms with Gasteiger partial charge in [-0.05, 0) is 13.3 Å². The number of hydrogen-bond acceptors (Lipinski definition) is 2. The van der Waals surface area contributed by atoms with Gasteiger partial charge in [-0.25, -0.2) is 4.79 Å². The average molecular weight is 193 g/mol. The summed E-state index contributed by atoms with van der Waals surface area (Å²) in [6.07, 6.45) is 2.45. The lowest BCUT2D eigenvalue weighted by Crippen LogP contribution is -1.99. The van der Waals surface area contributed by atoms with Crippen molar-refractivity contribution in [1.82, 2.24) is 0 Å². The van der Waals surface area contributed by atoms with Crippen LogP contribution in [0.3, 0.4) is 0 Å². The first kappa shape index (κ1) is 8.69. The Morgan fingerprint density at radius 2 is 2.33 bits per heavy atom. The summed E-state index contributed by atoms with van der Waals surface area (Å²) in [6, 6.07) is 0. The zero-order valence-corrected chi connectivity index (χ0v) is 7.06. The van der Waals surface area contributed by atoms with E-state index in [-0.39, 0.29) is 5.97 Å². The Labute approximate surface area is 63.3 Å². The molecule has 9 heavy (non-hydrogen) atoms. The highest BCUT2D eigenvalue weighted by Gasteiger charge is 2.04. The molecule has 0 atom stereocenters. The number of carbonyl (C=O) groups excluding carboxylic acids is 1. The van der Waals surface area contributed by atoms with Crippen molar-refractivity contribution in [3.05, 3.63) is 11.6 Å². The van der Waals surface area contributed by atoms with Crippen molar-refractivity contribution >= 4 is 22.2 Å².